The van der Waals surface area contributed by atoms with Crippen LogP contribution in [0, 0.1) is 0 Å². The number of nitrogens with two attached hydrogens (primary N) is 1. The fourth-order valence-corrected chi connectivity index (χ4v) is 1.61. The summed E-state index contributed by atoms with van der Waals surface area (Å²) >= 11 is 10.9. The van der Waals surface area contributed by atoms with E-state index in [2.05, 4.69) is 0 Å². The summed E-state index contributed by atoms with van der Waals surface area (Å²) in [7, 11) is 3.40. The SMILES string of the molecule is CN(C)C(=O)CCOc1ccc(C(N)=S)cc1Cl. The van der Waals surface area contributed by atoms with Crippen molar-refractivity contribution in [1.82, 2.24) is 4.90 Å². The molecule has 1 aromatic carbocycles. The lowest BCUT2D eigenvalue weighted by atomic mass is 10.2. The number of thiocarbonyl (C=S) groups is 1. The van der Waals surface area contributed by atoms with E-state index < -0.39 is 0 Å². The number of hydrogen-bond donors (Lipinski definition) is 1. The third-order valence-electron chi connectivity index (χ3n) is 2.29. The third-order valence-corrected chi connectivity index (χ3v) is 2.82. The van der Waals surface area contributed by atoms with Gasteiger partial charge in [-0.25, -0.2) is 0 Å². The van der Waals surface area contributed by atoms with E-state index in [1.165, 1.54) is 4.90 Å². The first-order chi connectivity index (χ1) is 8.41. The number of ether oxygens (including phenoxy) is 1. The Morgan fingerprint density at radius 2 is 2.17 bits per heavy atom. The summed E-state index contributed by atoms with van der Waals surface area (Å²) in [6.45, 7) is 0.281. The molecule has 0 saturated heterocycles. The molecule has 0 heterocycles. The average molecular weight is 287 g/mol. The van der Waals surface area contributed by atoms with Gasteiger partial charge in [0.25, 0.3) is 0 Å². The molecule has 18 heavy (non-hydrogen) atoms. The van der Waals surface area contributed by atoms with Crippen molar-refractivity contribution < 1.29 is 9.53 Å². The molecule has 0 fully saturated rings. The Hall–Kier alpha value is -1.33. The Balaban J connectivity index is 2.58. The molecule has 2 N–H and O–H groups in total. The molecular formula is C12H15ClN2O2S. The van der Waals surface area contributed by atoms with E-state index in [4.69, 9.17) is 34.3 Å². The van der Waals surface area contributed by atoms with E-state index >= 15 is 0 Å². The van der Waals surface area contributed by atoms with Gasteiger partial charge >= 0.3 is 0 Å². The molecule has 0 saturated carbocycles. The molecule has 0 aliphatic carbocycles. The van der Waals surface area contributed by atoms with E-state index in [0.29, 0.717) is 22.8 Å². The molecule has 0 atom stereocenters. The number of carbonyl (C=O) groups is 1. The van der Waals surface area contributed by atoms with Gasteiger partial charge in [0.15, 0.2) is 0 Å². The van der Waals surface area contributed by atoms with Gasteiger partial charge in [0, 0.05) is 19.7 Å². The monoisotopic (exact) mass is 286 g/mol. The van der Waals surface area contributed by atoms with Gasteiger partial charge in [-0.15, -0.1) is 0 Å². The lowest BCUT2D eigenvalue weighted by Crippen LogP contribution is -2.23. The fraction of sp³-hybridized carbons (Fsp3) is 0.333. The summed E-state index contributed by atoms with van der Waals surface area (Å²) in [5.41, 5.74) is 6.17. The van der Waals surface area contributed by atoms with Crippen molar-refractivity contribution >= 4 is 34.7 Å². The Labute approximate surface area is 117 Å². The molecule has 0 bridgehead atoms. The molecule has 0 unspecified atom stereocenters. The molecule has 1 rings (SSSR count). The predicted octanol–water partition coefficient (Wildman–Crippen LogP) is 1.83. The summed E-state index contributed by atoms with van der Waals surface area (Å²) in [5.74, 6) is 0.522. The Morgan fingerprint density at radius 3 is 2.67 bits per heavy atom. The van der Waals surface area contributed by atoms with Gasteiger partial charge in [0.2, 0.25) is 5.91 Å². The standard InChI is InChI=1S/C12H15ClN2O2S/c1-15(2)11(16)5-6-17-10-4-3-8(12(14)18)7-9(10)13/h3-4,7H,5-6H2,1-2H3,(H2,14,18). The number of halogens is 1. The number of nitrogens with zero attached hydrogens (tertiary/aromatic N) is 1. The zero-order valence-electron chi connectivity index (χ0n) is 10.3. The molecule has 98 valence electrons. The summed E-state index contributed by atoms with van der Waals surface area (Å²) < 4.78 is 5.43. The van der Waals surface area contributed by atoms with Crippen LogP contribution in [0.1, 0.15) is 12.0 Å². The van der Waals surface area contributed by atoms with Crippen LogP contribution in [0.4, 0.5) is 0 Å². The zero-order chi connectivity index (χ0) is 13.7. The molecule has 0 aliphatic rings. The number of rotatable bonds is 5. The van der Waals surface area contributed by atoms with Crippen LogP contribution >= 0.6 is 23.8 Å². The molecule has 1 aromatic rings. The van der Waals surface area contributed by atoms with Crippen LogP contribution in [-0.2, 0) is 4.79 Å². The van der Waals surface area contributed by atoms with Crippen molar-refractivity contribution in [2.45, 2.75) is 6.42 Å². The van der Waals surface area contributed by atoms with Gasteiger partial charge in [0.1, 0.15) is 10.7 Å². The van der Waals surface area contributed by atoms with Crippen LogP contribution < -0.4 is 10.5 Å². The number of amides is 1. The van der Waals surface area contributed by atoms with Crippen molar-refractivity contribution in [2.24, 2.45) is 5.73 Å². The van der Waals surface area contributed by atoms with Gasteiger partial charge in [-0.1, -0.05) is 23.8 Å². The van der Waals surface area contributed by atoms with Gasteiger partial charge in [-0.2, -0.15) is 0 Å². The average Bonchev–Trinajstić information content (AvgIpc) is 2.30. The summed E-state index contributed by atoms with van der Waals surface area (Å²) in [5, 5.41) is 0.428. The first-order valence-electron chi connectivity index (χ1n) is 5.34. The van der Waals surface area contributed by atoms with Crippen LogP contribution in [0.15, 0.2) is 18.2 Å². The van der Waals surface area contributed by atoms with Crippen LogP contribution in [-0.4, -0.2) is 36.5 Å². The lowest BCUT2D eigenvalue weighted by Gasteiger charge is -2.12. The second-order valence-electron chi connectivity index (χ2n) is 3.90. The van der Waals surface area contributed by atoms with Crippen molar-refractivity contribution in [3.05, 3.63) is 28.8 Å². The molecule has 1 amide bonds. The first kappa shape index (κ1) is 14.7. The van der Waals surface area contributed by atoms with Gasteiger partial charge in [-0.05, 0) is 18.2 Å². The summed E-state index contributed by atoms with van der Waals surface area (Å²) in [6.07, 6.45) is 0.306. The maximum Gasteiger partial charge on any atom is 0.225 e. The third kappa shape index (κ3) is 4.16. The maximum absolute atomic E-state index is 11.3. The lowest BCUT2D eigenvalue weighted by molar-refractivity contribution is -0.129. The van der Waals surface area contributed by atoms with Crippen molar-refractivity contribution in [2.75, 3.05) is 20.7 Å². The second kappa shape index (κ2) is 6.56. The Bertz CT molecular complexity index is 463. The topological polar surface area (TPSA) is 55.6 Å². The first-order valence-corrected chi connectivity index (χ1v) is 6.12. The molecule has 0 spiro atoms. The minimum Gasteiger partial charge on any atom is -0.491 e. The van der Waals surface area contributed by atoms with Gasteiger partial charge < -0.3 is 15.4 Å². The van der Waals surface area contributed by atoms with E-state index in [1.54, 1.807) is 32.3 Å². The highest BCUT2D eigenvalue weighted by atomic mass is 35.5. The summed E-state index contributed by atoms with van der Waals surface area (Å²) in [6, 6.07) is 5.07. The number of benzene rings is 1. The summed E-state index contributed by atoms with van der Waals surface area (Å²) in [4.78, 5) is 13.1. The highest BCUT2D eigenvalue weighted by molar-refractivity contribution is 7.80. The van der Waals surface area contributed by atoms with E-state index in [-0.39, 0.29) is 17.5 Å². The fourth-order valence-electron chi connectivity index (χ4n) is 1.24. The predicted molar refractivity (Wildman–Crippen MR) is 76.1 cm³/mol. The van der Waals surface area contributed by atoms with Gasteiger partial charge in [-0.3, -0.25) is 4.79 Å². The van der Waals surface area contributed by atoms with Crippen molar-refractivity contribution in [3.63, 3.8) is 0 Å². The maximum atomic E-state index is 11.3. The number of carbonyl (C=O) groups excluding carboxylic acids is 1. The number of hydrogen-bond acceptors (Lipinski definition) is 3. The highest BCUT2D eigenvalue weighted by Gasteiger charge is 2.07. The minimum atomic E-state index is 0.00544. The van der Waals surface area contributed by atoms with Crippen LogP contribution in [0.2, 0.25) is 5.02 Å². The largest absolute Gasteiger partial charge is 0.491 e. The smallest absolute Gasteiger partial charge is 0.225 e. The second-order valence-corrected chi connectivity index (χ2v) is 4.74. The van der Waals surface area contributed by atoms with E-state index in [0.717, 1.165) is 0 Å². The molecule has 0 aromatic heterocycles. The zero-order valence-corrected chi connectivity index (χ0v) is 11.8. The normalized spacial score (nSPS) is 9.94. The molecule has 4 nitrogen and oxygen atoms in total. The molecule has 0 radical (unpaired) electrons. The Kier molecular flexibility index (Phi) is 5.37. The molecule has 0 aliphatic heterocycles. The quantitative estimate of drug-likeness (QED) is 0.839. The van der Waals surface area contributed by atoms with Gasteiger partial charge in [0.05, 0.1) is 18.1 Å². The van der Waals surface area contributed by atoms with Crippen molar-refractivity contribution in [3.8, 4) is 5.75 Å². The molecular weight excluding hydrogens is 272 g/mol. The molecule has 6 heteroatoms. The van der Waals surface area contributed by atoms with Crippen LogP contribution in [0.3, 0.4) is 0 Å². The van der Waals surface area contributed by atoms with Crippen molar-refractivity contribution in [1.29, 1.82) is 0 Å². The Morgan fingerprint density at radius 1 is 1.50 bits per heavy atom. The van der Waals surface area contributed by atoms with E-state index in [9.17, 15) is 4.79 Å². The van der Waals surface area contributed by atoms with E-state index in [1.807, 2.05) is 0 Å². The minimum absolute atomic E-state index is 0.00544. The van der Waals surface area contributed by atoms with Crippen LogP contribution in [0.25, 0.3) is 0 Å². The highest BCUT2D eigenvalue weighted by Crippen LogP contribution is 2.25. The van der Waals surface area contributed by atoms with Crippen LogP contribution in [0.5, 0.6) is 5.75 Å².